The van der Waals surface area contributed by atoms with Gasteiger partial charge in [-0.1, -0.05) is 15.9 Å². The predicted molar refractivity (Wildman–Crippen MR) is 55.4 cm³/mol. The molecule has 0 aromatic heterocycles. The molecule has 0 atom stereocenters. The topological polar surface area (TPSA) is 46.2 Å². The van der Waals surface area contributed by atoms with Gasteiger partial charge in [-0.15, -0.1) is 6.42 Å². The van der Waals surface area contributed by atoms with Crippen LogP contribution < -0.4 is 5.32 Å². The SMILES string of the molecule is C#CC(=O)NC(=O)c1ccc(Br)cc1. The second-order valence-corrected chi connectivity index (χ2v) is 3.35. The van der Waals surface area contributed by atoms with Crippen molar-refractivity contribution in [3.8, 4) is 12.3 Å². The van der Waals surface area contributed by atoms with Crippen molar-refractivity contribution < 1.29 is 9.59 Å². The number of amides is 2. The van der Waals surface area contributed by atoms with Gasteiger partial charge in [0.1, 0.15) is 0 Å². The molecule has 1 rings (SSSR count). The number of carbonyl (C=O) groups is 2. The van der Waals surface area contributed by atoms with Gasteiger partial charge in [0, 0.05) is 10.0 Å². The first kappa shape index (κ1) is 10.5. The maximum Gasteiger partial charge on any atom is 0.302 e. The van der Waals surface area contributed by atoms with Crippen LogP contribution in [0.2, 0.25) is 0 Å². The monoisotopic (exact) mass is 251 g/mol. The smallest absolute Gasteiger partial charge is 0.281 e. The Hall–Kier alpha value is -1.60. The van der Waals surface area contributed by atoms with Gasteiger partial charge in [-0.3, -0.25) is 14.9 Å². The van der Waals surface area contributed by atoms with Gasteiger partial charge < -0.3 is 0 Å². The third-order valence-corrected chi connectivity index (χ3v) is 1.99. The Bertz CT molecular complexity index is 403. The molecule has 0 saturated heterocycles. The summed E-state index contributed by atoms with van der Waals surface area (Å²) in [6.45, 7) is 0. The first-order valence-corrected chi connectivity index (χ1v) is 4.50. The first-order chi connectivity index (χ1) is 6.63. The van der Waals surface area contributed by atoms with Crippen LogP contribution in [0, 0.1) is 12.3 Å². The van der Waals surface area contributed by atoms with E-state index in [9.17, 15) is 9.59 Å². The van der Waals surface area contributed by atoms with Crippen molar-refractivity contribution in [1.29, 1.82) is 0 Å². The maximum absolute atomic E-state index is 11.3. The first-order valence-electron chi connectivity index (χ1n) is 3.71. The Kier molecular flexibility index (Phi) is 3.43. The molecule has 0 saturated carbocycles. The lowest BCUT2D eigenvalue weighted by Crippen LogP contribution is -2.28. The molecule has 0 heterocycles. The third-order valence-electron chi connectivity index (χ3n) is 1.46. The molecule has 0 radical (unpaired) electrons. The molecule has 14 heavy (non-hydrogen) atoms. The summed E-state index contributed by atoms with van der Waals surface area (Å²) in [6, 6.07) is 6.58. The number of terminal acetylenes is 1. The second kappa shape index (κ2) is 4.58. The lowest BCUT2D eigenvalue weighted by Gasteiger charge is -1.99. The zero-order chi connectivity index (χ0) is 10.6. The Labute approximate surface area is 89.6 Å². The van der Waals surface area contributed by atoms with Gasteiger partial charge in [0.15, 0.2) is 0 Å². The van der Waals surface area contributed by atoms with Gasteiger partial charge in [0.2, 0.25) is 0 Å². The van der Waals surface area contributed by atoms with E-state index in [1.54, 1.807) is 30.2 Å². The summed E-state index contributed by atoms with van der Waals surface area (Å²) in [7, 11) is 0. The normalized spacial score (nSPS) is 8.86. The average Bonchev–Trinajstić information content (AvgIpc) is 2.18. The van der Waals surface area contributed by atoms with Crippen molar-refractivity contribution in [3.05, 3.63) is 34.3 Å². The van der Waals surface area contributed by atoms with Crippen molar-refractivity contribution in [2.75, 3.05) is 0 Å². The van der Waals surface area contributed by atoms with Gasteiger partial charge in [-0.05, 0) is 30.2 Å². The number of hydrogen-bond donors (Lipinski definition) is 1. The van der Waals surface area contributed by atoms with E-state index in [2.05, 4.69) is 15.9 Å². The largest absolute Gasteiger partial charge is 0.302 e. The van der Waals surface area contributed by atoms with Crippen LogP contribution in [0.15, 0.2) is 28.7 Å². The summed E-state index contributed by atoms with van der Waals surface area (Å²) in [5, 5.41) is 2.04. The van der Waals surface area contributed by atoms with Crippen LogP contribution >= 0.6 is 15.9 Å². The summed E-state index contributed by atoms with van der Waals surface area (Å²) in [5.74, 6) is 0.559. The van der Waals surface area contributed by atoms with Crippen molar-refractivity contribution in [2.24, 2.45) is 0 Å². The lowest BCUT2D eigenvalue weighted by atomic mass is 10.2. The minimum absolute atomic E-state index is 0.386. The lowest BCUT2D eigenvalue weighted by molar-refractivity contribution is -0.114. The molecule has 0 unspecified atom stereocenters. The van der Waals surface area contributed by atoms with E-state index in [4.69, 9.17) is 6.42 Å². The zero-order valence-electron chi connectivity index (χ0n) is 7.08. The standard InChI is InChI=1S/C10H6BrNO2/c1-2-9(13)12-10(14)7-3-5-8(11)6-4-7/h1,3-6H,(H,12,13,14). The molecule has 1 N–H and O–H groups in total. The van der Waals surface area contributed by atoms with Gasteiger partial charge in [-0.25, -0.2) is 0 Å². The van der Waals surface area contributed by atoms with Crippen LogP contribution in [0.25, 0.3) is 0 Å². The third kappa shape index (κ3) is 2.71. The minimum atomic E-state index is -0.738. The van der Waals surface area contributed by atoms with Crippen LogP contribution in [-0.2, 0) is 4.79 Å². The molecular formula is C10H6BrNO2. The van der Waals surface area contributed by atoms with Crippen molar-refractivity contribution in [2.45, 2.75) is 0 Å². The molecule has 0 bridgehead atoms. The molecule has 0 spiro atoms. The van der Waals surface area contributed by atoms with Crippen LogP contribution in [0.3, 0.4) is 0 Å². The molecule has 0 fully saturated rings. The Balaban J connectivity index is 2.76. The van der Waals surface area contributed by atoms with Crippen LogP contribution in [0.5, 0.6) is 0 Å². The van der Waals surface area contributed by atoms with E-state index in [-0.39, 0.29) is 0 Å². The van der Waals surface area contributed by atoms with Gasteiger partial charge in [0.25, 0.3) is 5.91 Å². The van der Waals surface area contributed by atoms with Crippen molar-refractivity contribution in [1.82, 2.24) is 5.32 Å². The summed E-state index contributed by atoms with van der Waals surface area (Å²) < 4.78 is 0.859. The maximum atomic E-state index is 11.3. The fourth-order valence-electron chi connectivity index (χ4n) is 0.813. The van der Waals surface area contributed by atoms with E-state index < -0.39 is 11.8 Å². The van der Waals surface area contributed by atoms with Crippen molar-refractivity contribution >= 4 is 27.7 Å². The highest BCUT2D eigenvalue weighted by Gasteiger charge is 2.07. The molecule has 0 aliphatic heterocycles. The molecule has 4 heteroatoms. The number of hydrogen-bond acceptors (Lipinski definition) is 2. The highest BCUT2D eigenvalue weighted by molar-refractivity contribution is 9.10. The van der Waals surface area contributed by atoms with Crippen LogP contribution in [0.1, 0.15) is 10.4 Å². The van der Waals surface area contributed by atoms with Gasteiger partial charge in [-0.2, -0.15) is 0 Å². The molecular weight excluding hydrogens is 246 g/mol. The summed E-state index contributed by atoms with van der Waals surface area (Å²) in [4.78, 5) is 22.0. The van der Waals surface area contributed by atoms with E-state index >= 15 is 0 Å². The molecule has 2 amide bonds. The number of nitrogens with one attached hydrogen (secondary N) is 1. The van der Waals surface area contributed by atoms with E-state index in [1.807, 2.05) is 5.32 Å². The number of carbonyl (C=O) groups excluding carboxylic acids is 2. The minimum Gasteiger partial charge on any atom is -0.281 e. The Morgan fingerprint density at radius 3 is 2.36 bits per heavy atom. The molecule has 0 aliphatic carbocycles. The Morgan fingerprint density at radius 1 is 1.29 bits per heavy atom. The molecule has 3 nitrogen and oxygen atoms in total. The van der Waals surface area contributed by atoms with E-state index in [0.717, 1.165) is 4.47 Å². The molecule has 70 valence electrons. The second-order valence-electron chi connectivity index (χ2n) is 2.43. The van der Waals surface area contributed by atoms with Crippen LogP contribution in [-0.4, -0.2) is 11.8 Å². The molecule has 1 aromatic rings. The Morgan fingerprint density at radius 2 is 1.86 bits per heavy atom. The summed E-state index contributed by atoms with van der Waals surface area (Å²) in [5.41, 5.74) is 0.386. The average molecular weight is 252 g/mol. The highest BCUT2D eigenvalue weighted by Crippen LogP contribution is 2.10. The van der Waals surface area contributed by atoms with Gasteiger partial charge >= 0.3 is 5.91 Å². The summed E-state index contributed by atoms with van der Waals surface area (Å²) in [6.07, 6.45) is 4.80. The number of benzene rings is 1. The fraction of sp³-hybridized carbons (Fsp3) is 0. The highest BCUT2D eigenvalue weighted by atomic mass is 79.9. The quantitative estimate of drug-likeness (QED) is 0.766. The fourth-order valence-corrected chi connectivity index (χ4v) is 1.08. The molecule has 0 aliphatic rings. The number of halogens is 1. The number of imide groups is 1. The van der Waals surface area contributed by atoms with Crippen LogP contribution in [0.4, 0.5) is 0 Å². The van der Waals surface area contributed by atoms with E-state index in [0.29, 0.717) is 5.56 Å². The van der Waals surface area contributed by atoms with E-state index in [1.165, 1.54) is 0 Å². The zero-order valence-corrected chi connectivity index (χ0v) is 8.67. The predicted octanol–water partition coefficient (Wildman–Crippen LogP) is 1.34. The van der Waals surface area contributed by atoms with Gasteiger partial charge in [0.05, 0.1) is 0 Å². The summed E-state index contributed by atoms with van der Waals surface area (Å²) >= 11 is 3.23. The number of rotatable bonds is 1. The van der Waals surface area contributed by atoms with Crippen molar-refractivity contribution in [3.63, 3.8) is 0 Å². The molecule has 1 aromatic carbocycles.